The molecule has 28 heavy (non-hydrogen) atoms. The van der Waals surface area contributed by atoms with Gasteiger partial charge in [0.05, 0.1) is 6.54 Å². The number of anilines is 1. The van der Waals surface area contributed by atoms with Gasteiger partial charge in [-0.15, -0.1) is 0 Å². The Bertz CT molecular complexity index is 1080. The maximum atomic E-state index is 12.4. The molecular weight excluding hydrogens is 364 g/mol. The van der Waals surface area contributed by atoms with Crippen LogP contribution in [0, 0.1) is 6.92 Å². The van der Waals surface area contributed by atoms with Crippen LogP contribution >= 0.6 is 0 Å². The molecule has 3 rings (SSSR count). The topological polar surface area (TPSA) is 140 Å². The largest absolute Gasteiger partial charge is 0.491 e. The molecule has 0 spiro atoms. The molecule has 2 heterocycles. The molecule has 0 fully saturated rings. The molecule has 0 saturated heterocycles. The second kappa shape index (κ2) is 8.28. The van der Waals surface area contributed by atoms with Gasteiger partial charge in [-0.05, 0) is 24.6 Å². The molecule has 0 saturated carbocycles. The van der Waals surface area contributed by atoms with Crippen LogP contribution < -0.4 is 27.0 Å². The molecule has 0 amide bonds. The van der Waals surface area contributed by atoms with Gasteiger partial charge in [0.15, 0.2) is 11.2 Å². The Morgan fingerprint density at radius 3 is 2.89 bits per heavy atom. The van der Waals surface area contributed by atoms with Crippen molar-refractivity contribution in [2.75, 3.05) is 25.0 Å². The third-order valence-electron chi connectivity index (χ3n) is 4.26. The standard InChI is InChI=1S/C18H24N6O4/c1-11-4-3-5-13(8-11)28-10-12(25)9-24-14-15(21-17(24)20-7-6-19)23(2)18(27)22-16(14)26/h3-5,8,12,25H,6-7,9-10,19H2,1-2H3,(H,20,21)(H,22,26,27). The number of aliphatic hydroxyl groups excluding tert-OH is 1. The summed E-state index contributed by atoms with van der Waals surface area (Å²) in [7, 11) is 1.52. The second-order valence-electron chi connectivity index (χ2n) is 6.53. The number of hydrogen-bond donors (Lipinski definition) is 4. The van der Waals surface area contributed by atoms with E-state index in [4.69, 9.17) is 10.5 Å². The number of fused-ring (bicyclic) bond motifs is 1. The lowest BCUT2D eigenvalue weighted by Gasteiger charge is -2.16. The first-order valence-electron chi connectivity index (χ1n) is 8.91. The van der Waals surface area contributed by atoms with E-state index in [-0.39, 0.29) is 24.3 Å². The summed E-state index contributed by atoms with van der Waals surface area (Å²) >= 11 is 0. The Labute approximate surface area is 160 Å². The Morgan fingerprint density at radius 1 is 1.39 bits per heavy atom. The summed E-state index contributed by atoms with van der Waals surface area (Å²) in [5.74, 6) is 0.998. The lowest BCUT2D eigenvalue weighted by atomic mass is 10.2. The average molecular weight is 388 g/mol. The summed E-state index contributed by atoms with van der Waals surface area (Å²) in [5, 5.41) is 13.5. The lowest BCUT2D eigenvalue weighted by Crippen LogP contribution is -2.31. The minimum atomic E-state index is -0.909. The van der Waals surface area contributed by atoms with Crippen molar-refractivity contribution in [3.63, 3.8) is 0 Å². The number of aryl methyl sites for hydroxylation is 2. The van der Waals surface area contributed by atoms with E-state index in [0.29, 0.717) is 24.8 Å². The molecule has 2 aromatic heterocycles. The molecule has 1 aromatic carbocycles. The van der Waals surface area contributed by atoms with Crippen molar-refractivity contribution < 1.29 is 9.84 Å². The van der Waals surface area contributed by atoms with E-state index in [1.807, 2.05) is 25.1 Å². The van der Waals surface area contributed by atoms with Crippen molar-refractivity contribution in [2.45, 2.75) is 19.6 Å². The van der Waals surface area contributed by atoms with Crippen LogP contribution in [0.5, 0.6) is 5.75 Å². The number of rotatable bonds is 8. The molecule has 3 aromatic rings. The van der Waals surface area contributed by atoms with E-state index in [1.165, 1.54) is 16.2 Å². The minimum absolute atomic E-state index is 0.0309. The number of imidazole rings is 1. The number of nitrogens with zero attached hydrogens (tertiary/aromatic N) is 3. The van der Waals surface area contributed by atoms with Crippen molar-refractivity contribution in [1.29, 1.82) is 0 Å². The number of ether oxygens (including phenoxy) is 1. The normalized spacial score (nSPS) is 12.3. The third-order valence-corrected chi connectivity index (χ3v) is 4.26. The van der Waals surface area contributed by atoms with E-state index in [1.54, 1.807) is 6.07 Å². The van der Waals surface area contributed by atoms with Crippen molar-refractivity contribution in [1.82, 2.24) is 19.1 Å². The van der Waals surface area contributed by atoms with Gasteiger partial charge in [-0.1, -0.05) is 12.1 Å². The Hall–Kier alpha value is -3.11. The molecule has 0 aliphatic carbocycles. The SMILES string of the molecule is Cc1cccc(OCC(O)Cn2c(NCCN)nc3c2c(=O)[nH]c(=O)n3C)c1. The summed E-state index contributed by atoms with van der Waals surface area (Å²) < 4.78 is 8.42. The zero-order chi connectivity index (χ0) is 20.3. The van der Waals surface area contributed by atoms with Crippen molar-refractivity contribution in [2.24, 2.45) is 12.8 Å². The van der Waals surface area contributed by atoms with Crippen LogP contribution in [0.15, 0.2) is 33.9 Å². The highest BCUT2D eigenvalue weighted by atomic mass is 16.5. The van der Waals surface area contributed by atoms with Crippen LogP contribution in [-0.4, -0.2) is 50.0 Å². The van der Waals surface area contributed by atoms with E-state index >= 15 is 0 Å². The average Bonchev–Trinajstić information content (AvgIpc) is 3.02. The fourth-order valence-corrected chi connectivity index (χ4v) is 2.89. The number of hydrogen-bond acceptors (Lipinski definition) is 7. The van der Waals surface area contributed by atoms with Crippen LogP contribution in [0.4, 0.5) is 5.95 Å². The van der Waals surface area contributed by atoms with E-state index in [2.05, 4.69) is 15.3 Å². The molecular formula is C18H24N6O4. The maximum absolute atomic E-state index is 12.4. The van der Waals surface area contributed by atoms with Crippen LogP contribution in [0.1, 0.15) is 5.56 Å². The smallest absolute Gasteiger partial charge is 0.329 e. The van der Waals surface area contributed by atoms with E-state index in [9.17, 15) is 14.7 Å². The zero-order valence-electron chi connectivity index (χ0n) is 15.8. The predicted molar refractivity (Wildman–Crippen MR) is 106 cm³/mol. The van der Waals surface area contributed by atoms with Gasteiger partial charge in [0.2, 0.25) is 5.95 Å². The zero-order valence-corrected chi connectivity index (χ0v) is 15.8. The first kappa shape index (κ1) is 19.6. The molecule has 10 nitrogen and oxygen atoms in total. The molecule has 0 aliphatic rings. The highest BCUT2D eigenvalue weighted by molar-refractivity contribution is 5.74. The summed E-state index contributed by atoms with van der Waals surface area (Å²) in [6.07, 6.45) is -0.909. The summed E-state index contributed by atoms with van der Waals surface area (Å²) in [6, 6.07) is 7.50. The second-order valence-corrected chi connectivity index (χ2v) is 6.53. The Morgan fingerprint density at radius 2 is 2.18 bits per heavy atom. The molecule has 0 radical (unpaired) electrons. The van der Waals surface area contributed by atoms with Gasteiger partial charge in [-0.25, -0.2) is 4.79 Å². The predicted octanol–water partition coefficient (Wildman–Crippen LogP) is -0.458. The van der Waals surface area contributed by atoms with Gasteiger partial charge in [0.1, 0.15) is 18.5 Å². The number of benzene rings is 1. The van der Waals surface area contributed by atoms with Gasteiger partial charge in [0, 0.05) is 20.1 Å². The first-order chi connectivity index (χ1) is 13.4. The molecule has 0 bridgehead atoms. The Balaban J connectivity index is 1.88. The van der Waals surface area contributed by atoms with Gasteiger partial charge in [-0.3, -0.25) is 14.3 Å². The van der Waals surface area contributed by atoms with Gasteiger partial charge >= 0.3 is 5.69 Å². The molecule has 150 valence electrons. The van der Waals surface area contributed by atoms with Crippen molar-refractivity contribution in [3.8, 4) is 5.75 Å². The monoisotopic (exact) mass is 388 g/mol. The number of aromatic amines is 1. The maximum Gasteiger partial charge on any atom is 0.329 e. The van der Waals surface area contributed by atoms with Crippen LogP contribution in [0.25, 0.3) is 11.2 Å². The lowest BCUT2D eigenvalue weighted by molar-refractivity contribution is 0.0938. The summed E-state index contributed by atoms with van der Waals surface area (Å²) in [5.41, 5.74) is 5.87. The number of nitrogens with two attached hydrogens (primary N) is 1. The van der Waals surface area contributed by atoms with Gasteiger partial charge in [-0.2, -0.15) is 4.98 Å². The highest BCUT2D eigenvalue weighted by Crippen LogP contribution is 2.17. The fourth-order valence-electron chi connectivity index (χ4n) is 2.89. The molecule has 10 heteroatoms. The number of aliphatic hydroxyl groups is 1. The van der Waals surface area contributed by atoms with Crippen molar-refractivity contribution in [3.05, 3.63) is 50.7 Å². The number of H-pyrrole nitrogens is 1. The van der Waals surface area contributed by atoms with Crippen LogP contribution in [0.2, 0.25) is 0 Å². The highest BCUT2D eigenvalue weighted by Gasteiger charge is 2.19. The van der Waals surface area contributed by atoms with Crippen LogP contribution in [-0.2, 0) is 13.6 Å². The van der Waals surface area contributed by atoms with E-state index in [0.717, 1.165) is 5.56 Å². The molecule has 5 N–H and O–H groups in total. The molecule has 1 unspecified atom stereocenters. The third kappa shape index (κ3) is 4.07. The fraction of sp³-hybridized carbons (Fsp3) is 0.389. The van der Waals surface area contributed by atoms with Gasteiger partial charge < -0.3 is 25.5 Å². The molecule has 1 atom stereocenters. The quantitative estimate of drug-likeness (QED) is 0.409. The summed E-state index contributed by atoms with van der Waals surface area (Å²) in [6.45, 7) is 2.81. The van der Waals surface area contributed by atoms with Crippen LogP contribution in [0.3, 0.4) is 0 Å². The first-order valence-corrected chi connectivity index (χ1v) is 8.91. The summed E-state index contributed by atoms with van der Waals surface area (Å²) in [4.78, 5) is 30.8. The Kier molecular flexibility index (Phi) is 5.81. The minimum Gasteiger partial charge on any atom is -0.491 e. The van der Waals surface area contributed by atoms with Gasteiger partial charge in [0.25, 0.3) is 5.56 Å². The number of aromatic nitrogens is 4. The number of nitrogens with one attached hydrogen (secondary N) is 2. The molecule has 0 aliphatic heterocycles. The van der Waals surface area contributed by atoms with E-state index < -0.39 is 17.4 Å². The van der Waals surface area contributed by atoms with Crippen molar-refractivity contribution >= 4 is 17.1 Å².